The van der Waals surface area contributed by atoms with E-state index < -0.39 is 0 Å². The minimum absolute atomic E-state index is 0.914. The summed E-state index contributed by atoms with van der Waals surface area (Å²) in [5.74, 6) is 0.914. The van der Waals surface area contributed by atoms with Gasteiger partial charge in [-0.25, -0.2) is 4.98 Å². The fraction of sp³-hybridized carbons (Fsp3) is 0. The molecule has 0 unspecified atom stereocenters. The van der Waals surface area contributed by atoms with Crippen molar-refractivity contribution in [2.24, 2.45) is 0 Å². The van der Waals surface area contributed by atoms with Gasteiger partial charge in [-0.05, 0) is 67.7 Å². The molecule has 0 aliphatic rings. The number of hydrogen-bond acceptors (Lipinski definition) is 1. The van der Waals surface area contributed by atoms with Crippen molar-refractivity contribution in [3.63, 3.8) is 0 Å². The summed E-state index contributed by atoms with van der Waals surface area (Å²) in [4.78, 5) is 5.30. The van der Waals surface area contributed by atoms with Gasteiger partial charge in [0.2, 0.25) is 0 Å². The SMILES string of the molecule is c1ccc(-c2cc(-c3ccccc3)nc(-n3c4ccccc4c4c5ccc6c7ccccc7ccc6c5ccc43)c2)cc1. The second-order valence-corrected chi connectivity index (χ2v) is 11.2. The maximum atomic E-state index is 5.30. The number of benzene rings is 7. The summed E-state index contributed by atoms with van der Waals surface area (Å²) in [6.07, 6.45) is 0. The van der Waals surface area contributed by atoms with Crippen molar-refractivity contribution >= 4 is 54.1 Å². The van der Waals surface area contributed by atoms with E-state index in [1.807, 2.05) is 0 Å². The zero-order valence-corrected chi connectivity index (χ0v) is 23.4. The van der Waals surface area contributed by atoms with Gasteiger partial charge < -0.3 is 0 Å². The number of rotatable bonds is 3. The number of fused-ring (bicyclic) bond motifs is 9. The highest BCUT2D eigenvalue weighted by atomic mass is 15.1. The lowest BCUT2D eigenvalue weighted by molar-refractivity contribution is 1.08. The minimum atomic E-state index is 0.914. The molecule has 0 aliphatic carbocycles. The summed E-state index contributed by atoms with van der Waals surface area (Å²) in [7, 11) is 0. The summed E-state index contributed by atoms with van der Waals surface area (Å²) in [5, 5.41) is 10.2. The summed E-state index contributed by atoms with van der Waals surface area (Å²) >= 11 is 0. The van der Waals surface area contributed by atoms with Crippen LogP contribution in [0.2, 0.25) is 0 Å². The number of pyridine rings is 1. The topological polar surface area (TPSA) is 17.8 Å². The zero-order valence-electron chi connectivity index (χ0n) is 23.4. The first-order valence-electron chi connectivity index (χ1n) is 14.7. The third-order valence-corrected chi connectivity index (χ3v) is 8.77. The molecule has 2 heteroatoms. The molecule has 43 heavy (non-hydrogen) atoms. The predicted octanol–water partition coefficient (Wildman–Crippen LogP) is 11.0. The van der Waals surface area contributed by atoms with E-state index in [0.29, 0.717) is 0 Å². The molecular weight excluding hydrogens is 520 g/mol. The van der Waals surface area contributed by atoms with Gasteiger partial charge in [0, 0.05) is 16.3 Å². The van der Waals surface area contributed by atoms with E-state index in [1.54, 1.807) is 0 Å². The minimum Gasteiger partial charge on any atom is -0.294 e. The van der Waals surface area contributed by atoms with Crippen LogP contribution < -0.4 is 0 Å². The molecule has 0 radical (unpaired) electrons. The summed E-state index contributed by atoms with van der Waals surface area (Å²) in [5.41, 5.74) is 6.70. The van der Waals surface area contributed by atoms with Crippen LogP contribution in [0.4, 0.5) is 0 Å². The molecule has 0 saturated carbocycles. The van der Waals surface area contributed by atoms with Crippen molar-refractivity contribution in [3.8, 4) is 28.2 Å². The first kappa shape index (κ1) is 23.9. The Hall–Kier alpha value is -5.73. The van der Waals surface area contributed by atoms with E-state index in [9.17, 15) is 0 Å². The Morgan fingerprint density at radius 1 is 0.372 bits per heavy atom. The Balaban J connectivity index is 1.37. The molecule has 0 bridgehead atoms. The van der Waals surface area contributed by atoms with E-state index in [4.69, 9.17) is 4.98 Å². The third-order valence-electron chi connectivity index (χ3n) is 8.77. The standard InChI is InChI=1S/C41H26N2/c1-3-11-27(12-4-1)30-25-37(29-14-5-2-6-15-29)42-40(26-30)43-38-18-10-9-17-36(38)41-35-22-21-32-31-16-8-7-13-28(31)19-20-33(32)34(35)23-24-39(41)43/h1-26H. The average Bonchev–Trinajstić information content (AvgIpc) is 3.43. The molecule has 7 aromatic carbocycles. The molecule has 2 aromatic heterocycles. The molecule has 0 fully saturated rings. The van der Waals surface area contributed by atoms with Crippen LogP contribution in [0.3, 0.4) is 0 Å². The first-order valence-corrected chi connectivity index (χ1v) is 14.7. The highest BCUT2D eigenvalue weighted by Crippen LogP contribution is 2.40. The predicted molar refractivity (Wildman–Crippen MR) is 182 cm³/mol. The molecule has 9 aromatic rings. The van der Waals surface area contributed by atoms with Crippen LogP contribution in [0.5, 0.6) is 0 Å². The molecule has 0 N–H and O–H groups in total. The quantitative estimate of drug-likeness (QED) is 0.202. The molecule has 0 amide bonds. The highest BCUT2D eigenvalue weighted by molar-refractivity contribution is 6.27. The monoisotopic (exact) mass is 546 g/mol. The van der Waals surface area contributed by atoms with Gasteiger partial charge in [-0.3, -0.25) is 4.57 Å². The maximum absolute atomic E-state index is 5.30. The number of nitrogens with zero attached hydrogens (tertiary/aromatic N) is 2. The van der Waals surface area contributed by atoms with Crippen LogP contribution in [0, 0.1) is 0 Å². The molecule has 2 heterocycles. The van der Waals surface area contributed by atoms with E-state index in [2.05, 4.69) is 162 Å². The van der Waals surface area contributed by atoms with Gasteiger partial charge in [-0.2, -0.15) is 0 Å². The Kier molecular flexibility index (Phi) is 5.23. The van der Waals surface area contributed by atoms with Gasteiger partial charge in [0.15, 0.2) is 0 Å². The molecule has 0 spiro atoms. The van der Waals surface area contributed by atoms with Crippen LogP contribution in [0.15, 0.2) is 158 Å². The van der Waals surface area contributed by atoms with Crippen molar-refractivity contribution in [1.29, 1.82) is 0 Å². The Morgan fingerprint density at radius 3 is 1.81 bits per heavy atom. The fourth-order valence-electron chi connectivity index (χ4n) is 6.80. The number of hydrogen-bond donors (Lipinski definition) is 0. The van der Waals surface area contributed by atoms with Gasteiger partial charge in [0.25, 0.3) is 0 Å². The molecule has 2 nitrogen and oxygen atoms in total. The fourth-order valence-corrected chi connectivity index (χ4v) is 6.80. The van der Waals surface area contributed by atoms with E-state index in [1.165, 1.54) is 48.7 Å². The third kappa shape index (κ3) is 3.70. The van der Waals surface area contributed by atoms with E-state index >= 15 is 0 Å². The average molecular weight is 547 g/mol. The number of aromatic nitrogens is 2. The summed E-state index contributed by atoms with van der Waals surface area (Å²) < 4.78 is 2.34. The normalized spacial score (nSPS) is 11.7. The van der Waals surface area contributed by atoms with Gasteiger partial charge in [-0.1, -0.05) is 133 Å². The van der Waals surface area contributed by atoms with Crippen LogP contribution in [-0.2, 0) is 0 Å². The van der Waals surface area contributed by atoms with Crippen molar-refractivity contribution < 1.29 is 0 Å². The van der Waals surface area contributed by atoms with Crippen molar-refractivity contribution in [1.82, 2.24) is 9.55 Å². The van der Waals surface area contributed by atoms with Crippen molar-refractivity contribution in [2.75, 3.05) is 0 Å². The molecular formula is C41H26N2. The Bertz CT molecular complexity index is 2430. The van der Waals surface area contributed by atoms with Gasteiger partial charge in [0.1, 0.15) is 5.82 Å². The Morgan fingerprint density at radius 2 is 0.977 bits per heavy atom. The zero-order chi connectivity index (χ0) is 28.3. The van der Waals surface area contributed by atoms with E-state index in [-0.39, 0.29) is 0 Å². The Labute approximate surface area is 249 Å². The van der Waals surface area contributed by atoms with Crippen LogP contribution in [-0.4, -0.2) is 9.55 Å². The summed E-state index contributed by atoms with van der Waals surface area (Å²) in [6, 6.07) is 56.6. The molecule has 9 rings (SSSR count). The van der Waals surface area contributed by atoms with Crippen molar-refractivity contribution in [3.05, 3.63) is 158 Å². The lowest BCUT2D eigenvalue weighted by atomic mass is 9.95. The van der Waals surface area contributed by atoms with Crippen molar-refractivity contribution in [2.45, 2.75) is 0 Å². The van der Waals surface area contributed by atoms with Crippen LogP contribution in [0.25, 0.3) is 82.3 Å². The molecule has 0 atom stereocenters. The first-order chi connectivity index (χ1) is 21.3. The summed E-state index contributed by atoms with van der Waals surface area (Å²) in [6.45, 7) is 0. The number of para-hydroxylation sites is 1. The van der Waals surface area contributed by atoms with Gasteiger partial charge in [-0.15, -0.1) is 0 Å². The lowest BCUT2D eigenvalue weighted by Crippen LogP contribution is -2.00. The maximum Gasteiger partial charge on any atom is 0.138 e. The van der Waals surface area contributed by atoms with E-state index in [0.717, 1.165) is 33.7 Å². The van der Waals surface area contributed by atoms with Gasteiger partial charge in [0.05, 0.1) is 16.7 Å². The largest absolute Gasteiger partial charge is 0.294 e. The second-order valence-electron chi connectivity index (χ2n) is 11.2. The second kappa shape index (κ2) is 9.40. The van der Waals surface area contributed by atoms with Crippen LogP contribution >= 0.6 is 0 Å². The lowest BCUT2D eigenvalue weighted by Gasteiger charge is -2.13. The molecule has 200 valence electrons. The van der Waals surface area contributed by atoms with Crippen LogP contribution in [0.1, 0.15) is 0 Å². The highest BCUT2D eigenvalue weighted by Gasteiger charge is 2.18. The van der Waals surface area contributed by atoms with Gasteiger partial charge >= 0.3 is 0 Å². The smallest absolute Gasteiger partial charge is 0.138 e. The molecule has 0 aliphatic heterocycles. The molecule has 0 saturated heterocycles.